The van der Waals surface area contributed by atoms with Crippen molar-refractivity contribution in [1.29, 1.82) is 0 Å². The highest BCUT2D eigenvalue weighted by Crippen LogP contribution is 2.29. The summed E-state index contributed by atoms with van der Waals surface area (Å²) < 4.78 is 15.6. The van der Waals surface area contributed by atoms with Crippen LogP contribution in [0.25, 0.3) is 0 Å². The molecule has 0 atom stereocenters. The highest BCUT2D eigenvalue weighted by atomic mass is 16.7. The number of hydrogen-bond donors (Lipinski definition) is 1. The zero-order valence-corrected chi connectivity index (χ0v) is 9.51. The maximum atomic E-state index is 10.6. The summed E-state index contributed by atoms with van der Waals surface area (Å²) in [6.07, 6.45) is -0.277. The summed E-state index contributed by atoms with van der Waals surface area (Å²) in [7, 11) is 1.57. The molecular weight excluding hydrogens is 224 g/mol. The molecule has 1 heterocycles. The molecule has 0 aromatic heterocycles. The summed E-state index contributed by atoms with van der Waals surface area (Å²) in [5.74, 6) is 0.660. The number of nitroso groups, excluding NO2 is 1. The molecule has 6 heteroatoms. The normalized spacial score (nSPS) is 15.8. The fourth-order valence-corrected chi connectivity index (χ4v) is 1.58. The van der Waals surface area contributed by atoms with Crippen molar-refractivity contribution in [3.05, 3.63) is 23.1 Å². The fourth-order valence-electron chi connectivity index (χ4n) is 1.58. The van der Waals surface area contributed by atoms with E-state index in [1.54, 1.807) is 25.3 Å². The molecule has 1 saturated heterocycles. The van der Waals surface area contributed by atoms with Gasteiger partial charge in [0.05, 0.1) is 32.6 Å². The van der Waals surface area contributed by atoms with E-state index in [1.165, 1.54) is 0 Å². The third kappa shape index (κ3) is 2.92. The van der Waals surface area contributed by atoms with Gasteiger partial charge in [-0.1, -0.05) is 0 Å². The van der Waals surface area contributed by atoms with E-state index in [-0.39, 0.29) is 6.29 Å². The van der Waals surface area contributed by atoms with Crippen molar-refractivity contribution in [3.8, 4) is 5.75 Å². The summed E-state index contributed by atoms with van der Waals surface area (Å²) >= 11 is 0. The Balaban J connectivity index is 2.03. The van der Waals surface area contributed by atoms with E-state index >= 15 is 0 Å². The van der Waals surface area contributed by atoms with Gasteiger partial charge in [-0.2, -0.15) is 0 Å². The molecular formula is C11H14N2O4. The number of hydrogen-bond acceptors (Lipinski definition) is 6. The highest BCUT2D eigenvalue weighted by Gasteiger charge is 2.16. The first-order chi connectivity index (χ1) is 8.33. The lowest BCUT2D eigenvalue weighted by Gasteiger charge is -2.13. The second-order valence-electron chi connectivity index (χ2n) is 3.53. The van der Waals surface area contributed by atoms with Gasteiger partial charge in [0.1, 0.15) is 11.4 Å². The molecule has 2 rings (SSSR count). The third-order valence-corrected chi connectivity index (χ3v) is 2.45. The average Bonchev–Trinajstić information content (AvgIpc) is 2.89. The van der Waals surface area contributed by atoms with Gasteiger partial charge in [0.15, 0.2) is 6.29 Å². The second-order valence-corrected chi connectivity index (χ2v) is 3.53. The van der Waals surface area contributed by atoms with Crippen LogP contribution in [0.15, 0.2) is 23.4 Å². The van der Waals surface area contributed by atoms with Crippen LogP contribution in [0.1, 0.15) is 0 Å². The van der Waals surface area contributed by atoms with Crippen molar-refractivity contribution in [2.24, 2.45) is 5.18 Å². The van der Waals surface area contributed by atoms with Crippen molar-refractivity contribution in [2.75, 3.05) is 32.2 Å². The Labute approximate surface area is 98.8 Å². The zero-order valence-electron chi connectivity index (χ0n) is 9.51. The standard InChI is InChI=1S/C11H14N2O4/c1-15-8-2-3-9(13-14)10(6-8)12-7-11-16-4-5-17-11/h2-3,6,11-12H,4-5,7H2,1H3. The number of anilines is 1. The molecule has 0 amide bonds. The van der Waals surface area contributed by atoms with Crippen LogP contribution in [0.3, 0.4) is 0 Å². The molecule has 0 spiro atoms. The molecule has 0 aliphatic carbocycles. The molecule has 0 unspecified atom stereocenters. The first kappa shape index (κ1) is 11.8. The van der Waals surface area contributed by atoms with Gasteiger partial charge in [0, 0.05) is 6.07 Å². The predicted octanol–water partition coefficient (Wildman–Crippen LogP) is 1.88. The molecule has 6 nitrogen and oxygen atoms in total. The van der Waals surface area contributed by atoms with Gasteiger partial charge in [0.2, 0.25) is 0 Å². The Kier molecular flexibility index (Phi) is 3.89. The maximum absolute atomic E-state index is 10.6. The lowest BCUT2D eigenvalue weighted by molar-refractivity contribution is -0.0299. The molecule has 92 valence electrons. The first-order valence-corrected chi connectivity index (χ1v) is 5.32. The summed E-state index contributed by atoms with van der Waals surface area (Å²) in [4.78, 5) is 10.6. The molecule has 1 N–H and O–H groups in total. The third-order valence-electron chi connectivity index (χ3n) is 2.45. The Morgan fingerprint density at radius 3 is 2.88 bits per heavy atom. The summed E-state index contributed by atoms with van der Waals surface area (Å²) in [5, 5.41) is 6.00. The number of ether oxygens (including phenoxy) is 3. The Morgan fingerprint density at radius 1 is 1.47 bits per heavy atom. The van der Waals surface area contributed by atoms with Crippen LogP contribution in [0.2, 0.25) is 0 Å². The van der Waals surface area contributed by atoms with Gasteiger partial charge in [-0.15, -0.1) is 4.91 Å². The molecule has 1 aliphatic rings. The topological polar surface area (TPSA) is 69.2 Å². The van der Waals surface area contributed by atoms with E-state index < -0.39 is 0 Å². The van der Waals surface area contributed by atoms with Crippen LogP contribution >= 0.6 is 0 Å². The van der Waals surface area contributed by atoms with Crippen LogP contribution in [0, 0.1) is 4.91 Å². The molecule has 17 heavy (non-hydrogen) atoms. The van der Waals surface area contributed by atoms with Crippen molar-refractivity contribution in [3.63, 3.8) is 0 Å². The largest absolute Gasteiger partial charge is 0.497 e. The molecule has 0 bridgehead atoms. The van der Waals surface area contributed by atoms with Crippen molar-refractivity contribution in [2.45, 2.75) is 6.29 Å². The minimum Gasteiger partial charge on any atom is -0.497 e. The summed E-state index contributed by atoms with van der Waals surface area (Å²) in [6.45, 7) is 1.67. The van der Waals surface area contributed by atoms with Crippen molar-refractivity contribution < 1.29 is 14.2 Å². The molecule has 1 fully saturated rings. The van der Waals surface area contributed by atoms with Crippen LogP contribution in [-0.4, -0.2) is 33.2 Å². The minimum absolute atomic E-state index is 0.277. The van der Waals surface area contributed by atoms with Crippen LogP contribution in [-0.2, 0) is 9.47 Å². The van der Waals surface area contributed by atoms with Crippen LogP contribution < -0.4 is 10.1 Å². The number of rotatable bonds is 5. The minimum atomic E-state index is -0.277. The van der Waals surface area contributed by atoms with Gasteiger partial charge in [0.25, 0.3) is 0 Å². The second kappa shape index (κ2) is 5.60. The van der Waals surface area contributed by atoms with Crippen LogP contribution in [0.4, 0.5) is 11.4 Å². The number of nitrogens with one attached hydrogen (secondary N) is 1. The monoisotopic (exact) mass is 238 g/mol. The van der Waals surface area contributed by atoms with E-state index in [0.717, 1.165) is 0 Å². The van der Waals surface area contributed by atoms with Crippen LogP contribution in [0.5, 0.6) is 5.75 Å². The summed E-state index contributed by atoms with van der Waals surface area (Å²) in [5.41, 5.74) is 0.947. The number of nitrogens with zero attached hydrogens (tertiary/aromatic N) is 1. The van der Waals surface area contributed by atoms with Crippen molar-refractivity contribution in [1.82, 2.24) is 0 Å². The molecule has 1 aromatic rings. The zero-order chi connectivity index (χ0) is 12.1. The summed E-state index contributed by atoms with van der Waals surface area (Å²) in [6, 6.07) is 5.00. The first-order valence-electron chi connectivity index (χ1n) is 5.32. The number of methoxy groups -OCH3 is 1. The Hall–Kier alpha value is -1.66. The lowest BCUT2D eigenvalue weighted by atomic mass is 10.2. The van der Waals surface area contributed by atoms with Gasteiger partial charge in [-0.05, 0) is 17.3 Å². The predicted molar refractivity (Wildman–Crippen MR) is 62.6 cm³/mol. The van der Waals surface area contributed by atoms with E-state index in [1.807, 2.05) is 0 Å². The number of benzene rings is 1. The van der Waals surface area contributed by atoms with E-state index in [9.17, 15) is 4.91 Å². The molecule has 0 radical (unpaired) electrons. The Morgan fingerprint density at radius 2 is 2.24 bits per heavy atom. The Bertz CT molecular complexity index is 391. The van der Waals surface area contributed by atoms with E-state index in [4.69, 9.17) is 14.2 Å². The van der Waals surface area contributed by atoms with E-state index in [2.05, 4.69) is 10.5 Å². The van der Waals surface area contributed by atoms with Gasteiger partial charge < -0.3 is 19.5 Å². The van der Waals surface area contributed by atoms with Gasteiger partial charge in [-0.3, -0.25) is 0 Å². The fraction of sp³-hybridized carbons (Fsp3) is 0.455. The van der Waals surface area contributed by atoms with Crippen molar-refractivity contribution >= 4 is 11.4 Å². The molecule has 1 aromatic carbocycles. The average molecular weight is 238 g/mol. The quantitative estimate of drug-likeness (QED) is 0.793. The van der Waals surface area contributed by atoms with E-state index in [0.29, 0.717) is 36.9 Å². The van der Waals surface area contributed by atoms with Gasteiger partial charge >= 0.3 is 0 Å². The smallest absolute Gasteiger partial charge is 0.174 e. The van der Waals surface area contributed by atoms with Gasteiger partial charge in [-0.25, -0.2) is 0 Å². The maximum Gasteiger partial charge on any atom is 0.174 e. The SMILES string of the molecule is COc1ccc(N=O)c(NCC2OCCO2)c1. The lowest BCUT2D eigenvalue weighted by Crippen LogP contribution is -2.20. The molecule has 1 aliphatic heterocycles. The molecule has 0 saturated carbocycles. The highest BCUT2D eigenvalue weighted by molar-refractivity contribution is 5.67.